The number of ether oxygens (including phenoxy) is 1. The molecular weight excluding hydrogens is 467 g/mol. The van der Waals surface area contributed by atoms with E-state index in [-0.39, 0.29) is 30.0 Å². The summed E-state index contributed by atoms with van der Waals surface area (Å²) >= 11 is 0. The summed E-state index contributed by atoms with van der Waals surface area (Å²) in [4.78, 5) is 8.91. The first kappa shape index (κ1) is 22.6. The summed E-state index contributed by atoms with van der Waals surface area (Å²) in [5.41, 5.74) is 2.62. The molecular formula is C20H31IN6O. The smallest absolute Gasteiger partial charge is 0.191 e. The Labute approximate surface area is 184 Å². The standard InChI is InChI=1S/C20H30N6O.HI/c1-14-5-7-16(8-6-14)15(2)11-22-20(21-3)23-17-9-10-19-24-18(13-27-4)25-26(19)12-17;/h5-8,15,17H,9-13H2,1-4H3,(H2,21,22,23);1H. The number of nitrogens with one attached hydrogen (secondary N) is 2. The van der Waals surface area contributed by atoms with Crippen molar-refractivity contribution in [3.8, 4) is 0 Å². The highest BCUT2D eigenvalue weighted by molar-refractivity contribution is 14.0. The Morgan fingerprint density at radius 3 is 2.79 bits per heavy atom. The molecule has 3 rings (SSSR count). The van der Waals surface area contributed by atoms with E-state index in [4.69, 9.17) is 4.74 Å². The molecule has 2 heterocycles. The van der Waals surface area contributed by atoms with Crippen LogP contribution in [-0.2, 0) is 24.3 Å². The summed E-state index contributed by atoms with van der Waals surface area (Å²) in [7, 11) is 3.48. The third-order valence-electron chi connectivity index (χ3n) is 4.96. The molecule has 2 aromatic rings. The van der Waals surface area contributed by atoms with Crippen LogP contribution in [0.4, 0.5) is 0 Å². The Balaban J connectivity index is 0.00000280. The first-order valence-corrected chi connectivity index (χ1v) is 9.54. The zero-order chi connectivity index (χ0) is 19.2. The highest BCUT2D eigenvalue weighted by atomic mass is 127. The van der Waals surface area contributed by atoms with Gasteiger partial charge in [0.05, 0.1) is 6.54 Å². The van der Waals surface area contributed by atoms with Gasteiger partial charge in [0.1, 0.15) is 12.4 Å². The lowest BCUT2D eigenvalue weighted by Gasteiger charge is -2.26. The minimum atomic E-state index is 0. The highest BCUT2D eigenvalue weighted by Gasteiger charge is 2.22. The van der Waals surface area contributed by atoms with Crippen LogP contribution in [0, 0.1) is 6.92 Å². The van der Waals surface area contributed by atoms with Gasteiger partial charge in [0.2, 0.25) is 0 Å². The summed E-state index contributed by atoms with van der Waals surface area (Å²) in [6.45, 7) is 6.42. The number of fused-ring (bicyclic) bond motifs is 1. The highest BCUT2D eigenvalue weighted by Crippen LogP contribution is 2.15. The topological polar surface area (TPSA) is 76.4 Å². The molecule has 0 fully saturated rings. The van der Waals surface area contributed by atoms with E-state index in [2.05, 4.69) is 63.8 Å². The number of methoxy groups -OCH3 is 1. The van der Waals surface area contributed by atoms with Gasteiger partial charge in [-0.2, -0.15) is 5.10 Å². The second-order valence-electron chi connectivity index (χ2n) is 7.20. The van der Waals surface area contributed by atoms with E-state index in [0.29, 0.717) is 12.5 Å². The van der Waals surface area contributed by atoms with E-state index in [9.17, 15) is 0 Å². The zero-order valence-electron chi connectivity index (χ0n) is 17.1. The van der Waals surface area contributed by atoms with Crippen LogP contribution >= 0.6 is 24.0 Å². The van der Waals surface area contributed by atoms with E-state index in [1.165, 1.54) is 11.1 Å². The van der Waals surface area contributed by atoms with Crippen molar-refractivity contribution < 1.29 is 4.74 Å². The van der Waals surface area contributed by atoms with E-state index < -0.39 is 0 Å². The van der Waals surface area contributed by atoms with Gasteiger partial charge in [0, 0.05) is 33.2 Å². The van der Waals surface area contributed by atoms with Crippen LogP contribution in [0.3, 0.4) is 0 Å². The first-order chi connectivity index (χ1) is 13.1. The number of aromatic nitrogens is 3. The van der Waals surface area contributed by atoms with Gasteiger partial charge in [-0.3, -0.25) is 4.99 Å². The summed E-state index contributed by atoms with van der Waals surface area (Å²) in [6.07, 6.45) is 1.92. The maximum absolute atomic E-state index is 5.13. The third-order valence-corrected chi connectivity index (χ3v) is 4.96. The monoisotopic (exact) mass is 498 g/mol. The number of aryl methyl sites for hydroxylation is 2. The molecule has 154 valence electrons. The van der Waals surface area contributed by atoms with Crippen molar-refractivity contribution in [2.24, 2.45) is 4.99 Å². The number of rotatable bonds is 6. The van der Waals surface area contributed by atoms with Crippen molar-refractivity contribution >= 4 is 29.9 Å². The number of hydrogen-bond acceptors (Lipinski definition) is 4. The Bertz CT molecular complexity index is 774. The molecule has 0 aliphatic carbocycles. The predicted octanol–water partition coefficient (Wildman–Crippen LogP) is 2.63. The Morgan fingerprint density at radius 2 is 2.11 bits per heavy atom. The molecule has 2 unspecified atom stereocenters. The molecule has 2 atom stereocenters. The summed E-state index contributed by atoms with van der Waals surface area (Å²) in [5, 5.41) is 11.5. The van der Waals surface area contributed by atoms with Gasteiger partial charge in [-0.15, -0.1) is 24.0 Å². The molecule has 0 spiro atoms. The Morgan fingerprint density at radius 1 is 1.36 bits per heavy atom. The summed E-state index contributed by atoms with van der Waals surface area (Å²) in [5.74, 6) is 3.03. The molecule has 0 saturated carbocycles. The molecule has 1 aliphatic heterocycles. The maximum Gasteiger partial charge on any atom is 0.191 e. The fraction of sp³-hybridized carbons (Fsp3) is 0.550. The SMILES string of the molecule is CN=C(NCC(C)c1ccc(C)cc1)NC1CCc2nc(COC)nn2C1.I. The second-order valence-corrected chi connectivity index (χ2v) is 7.20. The fourth-order valence-corrected chi connectivity index (χ4v) is 3.32. The lowest BCUT2D eigenvalue weighted by Crippen LogP contribution is -2.47. The molecule has 1 aromatic heterocycles. The van der Waals surface area contributed by atoms with Crippen molar-refractivity contribution in [1.82, 2.24) is 25.4 Å². The average molecular weight is 498 g/mol. The van der Waals surface area contributed by atoms with E-state index in [1.807, 2.05) is 11.7 Å². The van der Waals surface area contributed by atoms with Gasteiger partial charge in [0.25, 0.3) is 0 Å². The molecule has 1 aromatic carbocycles. The van der Waals surface area contributed by atoms with Gasteiger partial charge in [-0.1, -0.05) is 36.8 Å². The molecule has 0 amide bonds. The number of guanidine groups is 1. The minimum Gasteiger partial charge on any atom is -0.377 e. The molecule has 7 nitrogen and oxygen atoms in total. The minimum absolute atomic E-state index is 0. The van der Waals surface area contributed by atoms with Crippen molar-refractivity contribution in [1.29, 1.82) is 0 Å². The summed E-state index contributed by atoms with van der Waals surface area (Å²) in [6, 6.07) is 9.00. The third kappa shape index (κ3) is 5.91. The van der Waals surface area contributed by atoms with Crippen molar-refractivity contribution in [2.75, 3.05) is 20.7 Å². The molecule has 1 aliphatic rings. The lowest BCUT2D eigenvalue weighted by molar-refractivity contribution is 0.177. The molecule has 8 heteroatoms. The van der Waals surface area contributed by atoms with Crippen LogP contribution in [0.15, 0.2) is 29.3 Å². The van der Waals surface area contributed by atoms with Crippen molar-refractivity contribution in [2.45, 2.75) is 51.8 Å². The van der Waals surface area contributed by atoms with Gasteiger partial charge in [-0.05, 0) is 24.8 Å². The number of nitrogens with zero attached hydrogens (tertiary/aromatic N) is 4. The molecule has 28 heavy (non-hydrogen) atoms. The largest absolute Gasteiger partial charge is 0.377 e. The molecule has 0 bridgehead atoms. The van der Waals surface area contributed by atoms with Gasteiger partial charge >= 0.3 is 0 Å². The maximum atomic E-state index is 5.13. The van der Waals surface area contributed by atoms with E-state index in [1.54, 1.807) is 7.11 Å². The lowest BCUT2D eigenvalue weighted by atomic mass is 10.0. The Hall–Kier alpha value is -1.68. The van der Waals surface area contributed by atoms with Crippen LogP contribution in [0.5, 0.6) is 0 Å². The first-order valence-electron chi connectivity index (χ1n) is 9.54. The quantitative estimate of drug-likeness (QED) is 0.364. The normalized spacial score (nSPS) is 17.4. The number of halogens is 1. The van der Waals surface area contributed by atoms with Gasteiger partial charge < -0.3 is 15.4 Å². The number of aliphatic imine (C=N–C) groups is 1. The van der Waals surface area contributed by atoms with E-state index in [0.717, 1.165) is 43.5 Å². The van der Waals surface area contributed by atoms with Crippen molar-refractivity contribution in [3.63, 3.8) is 0 Å². The predicted molar refractivity (Wildman–Crippen MR) is 122 cm³/mol. The van der Waals surface area contributed by atoms with Crippen LogP contribution in [0.25, 0.3) is 0 Å². The van der Waals surface area contributed by atoms with Crippen LogP contribution in [-0.4, -0.2) is 47.5 Å². The van der Waals surface area contributed by atoms with Crippen LogP contribution in [0.2, 0.25) is 0 Å². The van der Waals surface area contributed by atoms with Crippen LogP contribution in [0.1, 0.15) is 42.0 Å². The molecule has 0 radical (unpaired) electrons. The molecule has 2 N–H and O–H groups in total. The average Bonchev–Trinajstić information content (AvgIpc) is 3.07. The van der Waals surface area contributed by atoms with Crippen molar-refractivity contribution in [3.05, 3.63) is 47.0 Å². The zero-order valence-corrected chi connectivity index (χ0v) is 19.4. The summed E-state index contributed by atoms with van der Waals surface area (Å²) < 4.78 is 7.11. The fourth-order valence-electron chi connectivity index (χ4n) is 3.32. The van der Waals surface area contributed by atoms with Gasteiger partial charge in [0.15, 0.2) is 11.8 Å². The number of benzene rings is 1. The van der Waals surface area contributed by atoms with Crippen LogP contribution < -0.4 is 10.6 Å². The second kappa shape index (κ2) is 10.8. The molecule has 0 saturated heterocycles. The number of hydrogen-bond donors (Lipinski definition) is 2. The van der Waals surface area contributed by atoms with E-state index >= 15 is 0 Å². The van der Waals surface area contributed by atoms with Gasteiger partial charge in [-0.25, -0.2) is 9.67 Å². The Kier molecular flexibility index (Phi) is 8.68.